The van der Waals surface area contributed by atoms with Crippen LogP contribution in [0.4, 0.5) is 11.4 Å². The van der Waals surface area contributed by atoms with Crippen LogP contribution in [0.1, 0.15) is 12.5 Å². The fourth-order valence-corrected chi connectivity index (χ4v) is 1.94. The minimum Gasteiger partial charge on any atom is -0.397 e. The first kappa shape index (κ1) is 11.4. The summed E-state index contributed by atoms with van der Waals surface area (Å²) in [6.45, 7) is 3.85. The molecule has 2 amide bonds. The molecule has 1 heterocycles. The number of amides is 2. The number of hydrogen-bond donors (Lipinski definition) is 2. The number of nitrogen functional groups attached to an aromatic ring is 1. The van der Waals surface area contributed by atoms with E-state index in [4.69, 9.17) is 5.73 Å². The molecule has 1 aliphatic heterocycles. The molecule has 0 radical (unpaired) electrons. The van der Waals surface area contributed by atoms with Crippen LogP contribution in [0.15, 0.2) is 18.2 Å². The van der Waals surface area contributed by atoms with Crippen molar-refractivity contribution in [1.82, 2.24) is 5.32 Å². The summed E-state index contributed by atoms with van der Waals surface area (Å²) >= 11 is 0. The monoisotopic (exact) mass is 233 g/mol. The van der Waals surface area contributed by atoms with E-state index in [1.54, 1.807) is 11.8 Å². The molecule has 5 heteroatoms. The molecule has 1 atom stereocenters. The molecule has 1 aromatic carbocycles. The topological polar surface area (TPSA) is 75.4 Å². The van der Waals surface area contributed by atoms with E-state index in [1.807, 2.05) is 25.1 Å². The zero-order valence-corrected chi connectivity index (χ0v) is 9.86. The van der Waals surface area contributed by atoms with Gasteiger partial charge in [0.1, 0.15) is 6.04 Å². The van der Waals surface area contributed by atoms with Gasteiger partial charge in [0.25, 0.3) is 0 Å². The second kappa shape index (κ2) is 4.08. The number of carbonyl (C=O) groups excluding carboxylic acids is 2. The van der Waals surface area contributed by atoms with E-state index < -0.39 is 6.04 Å². The summed E-state index contributed by atoms with van der Waals surface area (Å²) in [5.74, 6) is -0.589. The summed E-state index contributed by atoms with van der Waals surface area (Å²) in [5, 5.41) is 2.30. The summed E-state index contributed by atoms with van der Waals surface area (Å²) in [6.07, 6.45) is 0. The van der Waals surface area contributed by atoms with Gasteiger partial charge in [-0.15, -0.1) is 0 Å². The summed E-state index contributed by atoms with van der Waals surface area (Å²) < 4.78 is 0. The highest BCUT2D eigenvalue weighted by Crippen LogP contribution is 2.26. The number of benzene rings is 1. The molecule has 90 valence electrons. The Balaban J connectivity index is 2.37. The Hall–Kier alpha value is -2.04. The molecule has 0 spiro atoms. The van der Waals surface area contributed by atoms with E-state index in [-0.39, 0.29) is 18.4 Å². The first-order valence-corrected chi connectivity index (χ1v) is 5.45. The van der Waals surface area contributed by atoms with Crippen molar-refractivity contribution in [1.29, 1.82) is 0 Å². The second-order valence-electron chi connectivity index (χ2n) is 4.28. The Morgan fingerprint density at radius 1 is 1.41 bits per heavy atom. The van der Waals surface area contributed by atoms with Crippen molar-refractivity contribution in [2.75, 3.05) is 17.2 Å². The van der Waals surface area contributed by atoms with Gasteiger partial charge in [-0.1, -0.05) is 6.07 Å². The van der Waals surface area contributed by atoms with Crippen molar-refractivity contribution in [3.8, 4) is 0 Å². The third-order valence-electron chi connectivity index (χ3n) is 2.92. The molecule has 1 unspecified atom stereocenters. The average molecular weight is 233 g/mol. The molecule has 1 saturated heterocycles. The van der Waals surface area contributed by atoms with Crippen molar-refractivity contribution >= 4 is 23.2 Å². The highest BCUT2D eigenvalue weighted by atomic mass is 16.2. The summed E-state index contributed by atoms with van der Waals surface area (Å²) in [7, 11) is 0. The number of nitrogens with one attached hydrogen (secondary N) is 1. The van der Waals surface area contributed by atoms with Gasteiger partial charge in [0.15, 0.2) is 0 Å². The van der Waals surface area contributed by atoms with Crippen LogP contribution in [0.3, 0.4) is 0 Å². The van der Waals surface area contributed by atoms with Crippen LogP contribution in [0, 0.1) is 6.92 Å². The molecule has 3 N–H and O–H groups in total. The van der Waals surface area contributed by atoms with Gasteiger partial charge in [0.05, 0.1) is 17.9 Å². The molecular formula is C12H15N3O2. The van der Waals surface area contributed by atoms with Crippen LogP contribution in [0.2, 0.25) is 0 Å². The molecule has 2 rings (SSSR count). The maximum atomic E-state index is 11.6. The van der Waals surface area contributed by atoms with E-state index in [0.29, 0.717) is 5.69 Å². The zero-order chi connectivity index (χ0) is 12.6. The average Bonchev–Trinajstić information content (AvgIpc) is 2.24. The standard InChI is InChI=1S/C12H15N3O2/c1-7-3-4-10(9(13)5-7)15-6-11(16)14-12(17)8(15)2/h3-5,8H,6,13H2,1-2H3,(H,14,16,17). The Bertz CT molecular complexity index is 485. The number of rotatable bonds is 1. The lowest BCUT2D eigenvalue weighted by molar-refractivity contribution is -0.132. The van der Waals surface area contributed by atoms with Crippen LogP contribution < -0.4 is 16.0 Å². The van der Waals surface area contributed by atoms with Crippen molar-refractivity contribution in [3.05, 3.63) is 23.8 Å². The summed E-state index contributed by atoms with van der Waals surface area (Å²) in [6, 6.07) is 5.19. The number of aryl methyl sites for hydroxylation is 1. The lowest BCUT2D eigenvalue weighted by Crippen LogP contribution is -2.57. The maximum Gasteiger partial charge on any atom is 0.249 e. The number of hydrogen-bond acceptors (Lipinski definition) is 4. The van der Waals surface area contributed by atoms with Gasteiger partial charge >= 0.3 is 0 Å². The molecule has 1 aromatic rings. The minimum atomic E-state index is -0.391. The van der Waals surface area contributed by atoms with Crippen LogP contribution in [0.25, 0.3) is 0 Å². The van der Waals surface area contributed by atoms with Gasteiger partial charge in [-0.05, 0) is 31.5 Å². The predicted molar refractivity (Wildman–Crippen MR) is 65.5 cm³/mol. The van der Waals surface area contributed by atoms with Crippen LogP contribution >= 0.6 is 0 Å². The molecule has 1 aliphatic rings. The normalized spacial score (nSPS) is 20.4. The third-order valence-corrected chi connectivity index (χ3v) is 2.92. The zero-order valence-electron chi connectivity index (χ0n) is 9.86. The molecule has 17 heavy (non-hydrogen) atoms. The largest absolute Gasteiger partial charge is 0.397 e. The van der Waals surface area contributed by atoms with Crippen molar-refractivity contribution in [3.63, 3.8) is 0 Å². The lowest BCUT2D eigenvalue weighted by Gasteiger charge is -2.34. The molecule has 5 nitrogen and oxygen atoms in total. The van der Waals surface area contributed by atoms with E-state index >= 15 is 0 Å². The van der Waals surface area contributed by atoms with Crippen molar-refractivity contribution in [2.24, 2.45) is 0 Å². The number of piperazine rings is 1. The Morgan fingerprint density at radius 3 is 2.76 bits per heavy atom. The Morgan fingerprint density at radius 2 is 2.12 bits per heavy atom. The first-order valence-electron chi connectivity index (χ1n) is 5.45. The molecule has 1 fully saturated rings. The van der Waals surface area contributed by atoms with E-state index in [1.165, 1.54) is 0 Å². The molecular weight excluding hydrogens is 218 g/mol. The highest BCUT2D eigenvalue weighted by molar-refractivity contribution is 6.05. The fraction of sp³-hybridized carbons (Fsp3) is 0.333. The quantitative estimate of drug-likeness (QED) is 0.545. The minimum absolute atomic E-state index is 0.153. The fourth-order valence-electron chi connectivity index (χ4n) is 1.94. The van der Waals surface area contributed by atoms with E-state index in [2.05, 4.69) is 5.32 Å². The van der Waals surface area contributed by atoms with Gasteiger partial charge in [-0.25, -0.2) is 0 Å². The Labute approximate surface area is 99.6 Å². The summed E-state index contributed by atoms with van der Waals surface area (Å²) in [5.41, 5.74) is 8.28. The van der Waals surface area contributed by atoms with E-state index in [0.717, 1.165) is 11.3 Å². The van der Waals surface area contributed by atoms with Crippen LogP contribution in [-0.4, -0.2) is 24.4 Å². The van der Waals surface area contributed by atoms with Gasteiger partial charge in [-0.2, -0.15) is 0 Å². The smallest absolute Gasteiger partial charge is 0.249 e. The van der Waals surface area contributed by atoms with Crippen LogP contribution in [0.5, 0.6) is 0 Å². The predicted octanol–water partition coefficient (Wildman–Crippen LogP) is 0.429. The number of anilines is 2. The second-order valence-corrected chi connectivity index (χ2v) is 4.28. The first-order chi connectivity index (χ1) is 7.99. The van der Waals surface area contributed by atoms with Gasteiger partial charge in [-0.3, -0.25) is 14.9 Å². The highest BCUT2D eigenvalue weighted by Gasteiger charge is 2.31. The molecule has 0 saturated carbocycles. The van der Waals surface area contributed by atoms with Gasteiger partial charge in [0, 0.05) is 0 Å². The maximum absolute atomic E-state index is 11.6. The SMILES string of the molecule is Cc1ccc(N2CC(=O)NC(=O)C2C)c(N)c1. The van der Waals surface area contributed by atoms with Gasteiger partial charge in [0.2, 0.25) is 11.8 Å². The molecule has 0 aliphatic carbocycles. The number of imide groups is 1. The van der Waals surface area contributed by atoms with Crippen molar-refractivity contribution < 1.29 is 9.59 Å². The van der Waals surface area contributed by atoms with Crippen LogP contribution in [-0.2, 0) is 9.59 Å². The third kappa shape index (κ3) is 2.08. The molecule has 0 bridgehead atoms. The van der Waals surface area contributed by atoms with Crippen molar-refractivity contribution in [2.45, 2.75) is 19.9 Å². The van der Waals surface area contributed by atoms with Gasteiger partial charge < -0.3 is 10.6 Å². The molecule has 0 aromatic heterocycles. The van der Waals surface area contributed by atoms with E-state index in [9.17, 15) is 9.59 Å². The number of nitrogens with zero attached hydrogens (tertiary/aromatic N) is 1. The lowest BCUT2D eigenvalue weighted by atomic mass is 10.1. The number of carbonyl (C=O) groups is 2. The summed E-state index contributed by atoms with van der Waals surface area (Å²) in [4.78, 5) is 24.6. The number of nitrogens with two attached hydrogens (primary N) is 1. The Kier molecular flexibility index (Phi) is 2.75.